The summed E-state index contributed by atoms with van der Waals surface area (Å²) in [6.45, 7) is 0. The van der Waals surface area contributed by atoms with Gasteiger partial charge in [0.1, 0.15) is 11.5 Å². The molecule has 3 aromatic rings. The van der Waals surface area contributed by atoms with Crippen molar-refractivity contribution < 1.29 is 30.8 Å². The molecule has 3 rings (SSSR count). The average Bonchev–Trinajstić information content (AvgIpc) is 2.71. The standard InChI is InChI=1S/C20H13ClF4N2O3S/c21-14-6-11-18(27-31(28,29)20(23,24)25)17(12-14)19(13-4-2-1-3-5-13)26-30-16-9-7-15(22)8-10-16/h1-12,27H/b26-19+. The molecule has 0 aliphatic carbocycles. The maximum atomic E-state index is 13.1. The van der Waals surface area contributed by atoms with E-state index in [9.17, 15) is 26.0 Å². The third-order valence-corrected chi connectivity index (χ3v) is 5.22. The molecule has 0 aromatic heterocycles. The van der Waals surface area contributed by atoms with Gasteiger partial charge in [-0.1, -0.05) is 47.1 Å². The Morgan fingerprint density at radius 1 is 0.968 bits per heavy atom. The van der Waals surface area contributed by atoms with Crippen molar-refractivity contribution in [2.45, 2.75) is 5.51 Å². The van der Waals surface area contributed by atoms with Gasteiger partial charge in [-0.15, -0.1) is 0 Å². The zero-order chi connectivity index (χ0) is 22.6. The van der Waals surface area contributed by atoms with Gasteiger partial charge in [-0.05, 0) is 42.5 Å². The van der Waals surface area contributed by atoms with Gasteiger partial charge in [0.25, 0.3) is 0 Å². The van der Waals surface area contributed by atoms with Crippen LogP contribution >= 0.6 is 11.6 Å². The fourth-order valence-corrected chi connectivity index (χ4v) is 3.21. The van der Waals surface area contributed by atoms with Crippen molar-refractivity contribution in [2.75, 3.05) is 4.72 Å². The van der Waals surface area contributed by atoms with Gasteiger partial charge in [0.05, 0.1) is 5.69 Å². The summed E-state index contributed by atoms with van der Waals surface area (Å²) in [6.07, 6.45) is 0. The summed E-state index contributed by atoms with van der Waals surface area (Å²) in [5, 5.41) is 4.10. The first-order valence-corrected chi connectivity index (χ1v) is 10.4. The summed E-state index contributed by atoms with van der Waals surface area (Å²) < 4.78 is 76.6. The van der Waals surface area contributed by atoms with Gasteiger partial charge in [-0.25, -0.2) is 4.39 Å². The highest BCUT2D eigenvalue weighted by molar-refractivity contribution is 7.93. The van der Waals surface area contributed by atoms with E-state index in [4.69, 9.17) is 16.4 Å². The van der Waals surface area contributed by atoms with Gasteiger partial charge in [0, 0.05) is 16.1 Å². The minimum Gasteiger partial charge on any atom is -0.356 e. The Balaban J connectivity index is 2.12. The van der Waals surface area contributed by atoms with Gasteiger partial charge in [0.15, 0.2) is 5.75 Å². The third kappa shape index (κ3) is 5.53. The molecule has 162 valence electrons. The Bertz CT molecular complexity index is 1200. The topological polar surface area (TPSA) is 67.8 Å². The zero-order valence-electron chi connectivity index (χ0n) is 15.4. The first-order chi connectivity index (χ1) is 14.6. The molecular formula is C20H13ClF4N2O3S. The summed E-state index contributed by atoms with van der Waals surface area (Å²) in [5.41, 5.74) is -5.61. The summed E-state index contributed by atoms with van der Waals surface area (Å²) in [4.78, 5) is 5.30. The van der Waals surface area contributed by atoms with Crippen LogP contribution in [0, 0.1) is 5.82 Å². The molecule has 3 aromatic carbocycles. The molecule has 0 amide bonds. The highest BCUT2D eigenvalue weighted by Gasteiger charge is 2.46. The monoisotopic (exact) mass is 472 g/mol. The molecule has 0 fully saturated rings. The van der Waals surface area contributed by atoms with Gasteiger partial charge >= 0.3 is 15.5 Å². The van der Waals surface area contributed by atoms with Crippen LogP contribution in [0.15, 0.2) is 78.0 Å². The minimum atomic E-state index is -5.70. The molecule has 0 bridgehead atoms. The minimum absolute atomic E-state index is 0.00713. The molecule has 0 atom stereocenters. The van der Waals surface area contributed by atoms with Crippen LogP contribution < -0.4 is 9.56 Å². The summed E-state index contributed by atoms with van der Waals surface area (Å²) >= 11 is 6.01. The van der Waals surface area contributed by atoms with Crippen molar-refractivity contribution in [3.63, 3.8) is 0 Å². The molecule has 1 N–H and O–H groups in total. The van der Waals surface area contributed by atoms with Crippen LogP contribution in [0.25, 0.3) is 0 Å². The summed E-state index contributed by atoms with van der Waals surface area (Å²) in [6, 6.07) is 16.6. The molecular weight excluding hydrogens is 460 g/mol. The fourth-order valence-electron chi connectivity index (χ4n) is 2.45. The molecule has 0 aliphatic heterocycles. The Labute approximate surface area is 180 Å². The maximum Gasteiger partial charge on any atom is 0.516 e. The number of anilines is 1. The lowest BCUT2D eigenvalue weighted by atomic mass is 10.0. The van der Waals surface area contributed by atoms with E-state index < -0.39 is 27.0 Å². The van der Waals surface area contributed by atoms with Crippen LogP contribution in [0.5, 0.6) is 5.75 Å². The number of halogens is 5. The van der Waals surface area contributed by atoms with Crippen LogP contribution in [0.3, 0.4) is 0 Å². The van der Waals surface area contributed by atoms with Gasteiger partial charge in [0.2, 0.25) is 0 Å². The Kier molecular flexibility index (Phi) is 6.51. The first-order valence-electron chi connectivity index (χ1n) is 8.52. The largest absolute Gasteiger partial charge is 0.516 e. The predicted molar refractivity (Wildman–Crippen MR) is 109 cm³/mol. The zero-order valence-corrected chi connectivity index (χ0v) is 17.0. The lowest BCUT2D eigenvalue weighted by Gasteiger charge is -2.16. The number of hydrogen-bond donors (Lipinski definition) is 1. The first kappa shape index (κ1) is 22.6. The number of nitrogens with zero attached hydrogens (tertiary/aromatic N) is 1. The number of nitrogens with one attached hydrogen (secondary N) is 1. The van der Waals surface area contributed by atoms with E-state index in [1.807, 2.05) is 0 Å². The second-order valence-electron chi connectivity index (χ2n) is 6.09. The average molecular weight is 473 g/mol. The highest BCUT2D eigenvalue weighted by Crippen LogP contribution is 2.30. The number of hydrogen-bond acceptors (Lipinski definition) is 4. The van der Waals surface area contributed by atoms with E-state index in [-0.39, 0.29) is 22.0 Å². The SMILES string of the molecule is O=S(=O)(Nc1ccc(Cl)cc1/C(=N/Oc1ccc(F)cc1)c1ccccc1)C(F)(F)F. The molecule has 0 saturated carbocycles. The molecule has 0 saturated heterocycles. The van der Waals surface area contributed by atoms with Crippen LogP contribution in [0.1, 0.15) is 11.1 Å². The van der Waals surface area contributed by atoms with E-state index in [1.54, 1.807) is 30.3 Å². The normalized spacial score (nSPS) is 12.5. The Hall–Kier alpha value is -3.11. The second kappa shape index (κ2) is 8.94. The van der Waals surface area contributed by atoms with Crippen molar-refractivity contribution in [1.29, 1.82) is 0 Å². The molecule has 5 nitrogen and oxygen atoms in total. The van der Waals surface area contributed by atoms with Crippen molar-refractivity contribution in [2.24, 2.45) is 5.16 Å². The van der Waals surface area contributed by atoms with Gasteiger partial charge < -0.3 is 4.84 Å². The van der Waals surface area contributed by atoms with E-state index in [1.165, 1.54) is 29.0 Å². The summed E-state index contributed by atoms with van der Waals surface area (Å²) in [7, 11) is -5.70. The van der Waals surface area contributed by atoms with E-state index in [2.05, 4.69) is 5.16 Å². The Morgan fingerprint density at radius 2 is 1.61 bits per heavy atom. The van der Waals surface area contributed by atoms with Gasteiger partial charge in [-0.2, -0.15) is 21.6 Å². The second-order valence-corrected chi connectivity index (χ2v) is 8.20. The Morgan fingerprint density at radius 3 is 2.23 bits per heavy atom. The fraction of sp³-hybridized carbons (Fsp3) is 0.0500. The number of benzene rings is 3. The van der Waals surface area contributed by atoms with Crippen molar-refractivity contribution >= 4 is 33.0 Å². The molecule has 31 heavy (non-hydrogen) atoms. The van der Waals surface area contributed by atoms with Crippen LogP contribution in [-0.2, 0) is 10.0 Å². The molecule has 0 spiro atoms. The lowest BCUT2D eigenvalue weighted by Crippen LogP contribution is -2.30. The quantitative estimate of drug-likeness (QED) is 0.289. The van der Waals surface area contributed by atoms with Crippen LogP contribution in [0.4, 0.5) is 23.2 Å². The van der Waals surface area contributed by atoms with Crippen molar-refractivity contribution in [3.05, 3.63) is 94.8 Å². The van der Waals surface area contributed by atoms with E-state index >= 15 is 0 Å². The van der Waals surface area contributed by atoms with Crippen LogP contribution in [0.2, 0.25) is 5.02 Å². The van der Waals surface area contributed by atoms with Crippen molar-refractivity contribution in [3.8, 4) is 5.75 Å². The molecule has 0 heterocycles. The molecule has 0 radical (unpaired) electrons. The number of oxime groups is 1. The number of alkyl halides is 3. The van der Waals surface area contributed by atoms with Crippen molar-refractivity contribution in [1.82, 2.24) is 0 Å². The third-order valence-electron chi connectivity index (χ3n) is 3.89. The van der Waals surface area contributed by atoms with E-state index in [0.717, 1.165) is 18.2 Å². The van der Waals surface area contributed by atoms with Crippen LogP contribution in [-0.4, -0.2) is 19.6 Å². The maximum absolute atomic E-state index is 13.1. The van der Waals surface area contributed by atoms with Gasteiger partial charge in [-0.3, -0.25) is 4.72 Å². The smallest absolute Gasteiger partial charge is 0.356 e. The predicted octanol–water partition coefficient (Wildman–Crippen LogP) is 5.57. The van der Waals surface area contributed by atoms with E-state index in [0.29, 0.717) is 5.56 Å². The number of rotatable bonds is 6. The molecule has 0 unspecified atom stereocenters. The molecule has 0 aliphatic rings. The molecule has 11 heteroatoms. The number of sulfonamides is 1. The highest BCUT2D eigenvalue weighted by atomic mass is 35.5. The summed E-state index contributed by atoms with van der Waals surface area (Å²) in [5.74, 6) is -0.354. The lowest BCUT2D eigenvalue weighted by molar-refractivity contribution is -0.0429.